The lowest BCUT2D eigenvalue weighted by molar-refractivity contribution is -0.164. The summed E-state index contributed by atoms with van der Waals surface area (Å²) in [5.41, 5.74) is -1.51. The van der Waals surface area contributed by atoms with Crippen molar-refractivity contribution in [3.05, 3.63) is 0 Å². The molecule has 0 saturated carbocycles. The van der Waals surface area contributed by atoms with E-state index in [-0.39, 0.29) is 6.54 Å². The van der Waals surface area contributed by atoms with Gasteiger partial charge in [0.2, 0.25) is 0 Å². The molecule has 0 bridgehead atoms. The van der Waals surface area contributed by atoms with Crippen molar-refractivity contribution in [3.63, 3.8) is 0 Å². The standard InChI is InChI=1S/C8H15NO3/c1-2-9-5-3-4-8(12,6-9)7(10)11/h12H,2-6H2,1H3,(H,10,11). The van der Waals surface area contributed by atoms with Crippen molar-refractivity contribution in [1.82, 2.24) is 4.90 Å². The predicted molar refractivity (Wildman–Crippen MR) is 43.9 cm³/mol. The van der Waals surface area contributed by atoms with Crippen LogP contribution in [0.3, 0.4) is 0 Å². The number of carboxylic acids is 1. The number of hydrogen-bond acceptors (Lipinski definition) is 3. The van der Waals surface area contributed by atoms with Gasteiger partial charge in [0.15, 0.2) is 5.60 Å². The minimum Gasteiger partial charge on any atom is -0.479 e. The Morgan fingerprint density at radius 1 is 1.67 bits per heavy atom. The fourth-order valence-electron chi connectivity index (χ4n) is 1.57. The maximum absolute atomic E-state index is 10.7. The van der Waals surface area contributed by atoms with E-state index in [1.807, 2.05) is 11.8 Å². The van der Waals surface area contributed by atoms with Gasteiger partial charge in [-0.25, -0.2) is 4.79 Å². The normalized spacial score (nSPS) is 31.8. The van der Waals surface area contributed by atoms with Crippen molar-refractivity contribution < 1.29 is 15.0 Å². The van der Waals surface area contributed by atoms with Gasteiger partial charge in [-0.2, -0.15) is 0 Å². The van der Waals surface area contributed by atoms with Gasteiger partial charge in [-0.3, -0.25) is 0 Å². The van der Waals surface area contributed by atoms with Crippen molar-refractivity contribution in [2.75, 3.05) is 19.6 Å². The van der Waals surface area contributed by atoms with Gasteiger partial charge in [0.05, 0.1) is 0 Å². The van der Waals surface area contributed by atoms with Crippen LogP contribution in [0.1, 0.15) is 19.8 Å². The minimum atomic E-state index is -1.51. The van der Waals surface area contributed by atoms with E-state index in [9.17, 15) is 9.90 Å². The Hall–Kier alpha value is -0.610. The molecule has 0 aromatic heterocycles. The number of hydrogen-bond donors (Lipinski definition) is 2. The summed E-state index contributed by atoms with van der Waals surface area (Å²) in [4.78, 5) is 12.6. The average Bonchev–Trinajstić information content (AvgIpc) is 2.04. The Balaban J connectivity index is 2.61. The van der Waals surface area contributed by atoms with Crippen LogP contribution >= 0.6 is 0 Å². The third-order valence-electron chi connectivity index (χ3n) is 2.40. The van der Waals surface area contributed by atoms with Gasteiger partial charge in [0.1, 0.15) is 0 Å². The summed E-state index contributed by atoms with van der Waals surface area (Å²) in [5, 5.41) is 18.3. The molecule has 0 amide bonds. The van der Waals surface area contributed by atoms with E-state index >= 15 is 0 Å². The van der Waals surface area contributed by atoms with Crippen LogP contribution in [0.4, 0.5) is 0 Å². The van der Waals surface area contributed by atoms with Crippen molar-refractivity contribution in [3.8, 4) is 0 Å². The molecular weight excluding hydrogens is 158 g/mol. The molecule has 0 aromatic carbocycles. The summed E-state index contributed by atoms with van der Waals surface area (Å²) in [5.74, 6) is -1.10. The van der Waals surface area contributed by atoms with Crippen LogP contribution in [0.5, 0.6) is 0 Å². The van der Waals surface area contributed by atoms with Crippen LogP contribution in [0.25, 0.3) is 0 Å². The molecule has 0 radical (unpaired) electrons. The van der Waals surface area contributed by atoms with Gasteiger partial charge in [-0.15, -0.1) is 0 Å². The molecule has 1 saturated heterocycles. The van der Waals surface area contributed by atoms with Gasteiger partial charge >= 0.3 is 5.97 Å². The lowest BCUT2D eigenvalue weighted by atomic mass is 9.93. The lowest BCUT2D eigenvalue weighted by Gasteiger charge is -2.35. The number of likely N-dealkylation sites (tertiary alicyclic amines) is 1. The maximum atomic E-state index is 10.7. The summed E-state index contributed by atoms with van der Waals surface area (Å²) in [6.07, 6.45) is 1.13. The van der Waals surface area contributed by atoms with Gasteiger partial charge in [-0.1, -0.05) is 6.92 Å². The van der Waals surface area contributed by atoms with Gasteiger partial charge in [-0.05, 0) is 25.9 Å². The van der Waals surface area contributed by atoms with E-state index in [1.165, 1.54) is 0 Å². The third kappa shape index (κ3) is 1.76. The van der Waals surface area contributed by atoms with Crippen LogP contribution < -0.4 is 0 Å². The highest BCUT2D eigenvalue weighted by Gasteiger charge is 2.39. The maximum Gasteiger partial charge on any atom is 0.337 e. The zero-order chi connectivity index (χ0) is 9.19. The molecule has 1 atom stereocenters. The molecule has 1 heterocycles. The van der Waals surface area contributed by atoms with E-state index < -0.39 is 11.6 Å². The lowest BCUT2D eigenvalue weighted by Crippen LogP contribution is -2.52. The zero-order valence-corrected chi connectivity index (χ0v) is 7.29. The minimum absolute atomic E-state index is 0.263. The highest BCUT2D eigenvalue weighted by molar-refractivity contribution is 5.77. The largest absolute Gasteiger partial charge is 0.479 e. The summed E-state index contributed by atoms with van der Waals surface area (Å²) < 4.78 is 0. The molecule has 1 aliphatic rings. The van der Waals surface area contributed by atoms with Gasteiger partial charge in [0.25, 0.3) is 0 Å². The van der Waals surface area contributed by atoms with Crippen LogP contribution in [-0.4, -0.2) is 46.3 Å². The van der Waals surface area contributed by atoms with Crippen molar-refractivity contribution >= 4 is 5.97 Å². The molecule has 0 aromatic rings. The number of carboxylic acid groups (broad SMARTS) is 1. The van der Waals surface area contributed by atoms with Crippen molar-refractivity contribution in [1.29, 1.82) is 0 Å². The van der Waals surface area contributed by atoms with Gasteiger partial charge in [0, 0.05) is 6.54 Å². The van der Waals surface area contributed by atoms with E-state index in [0.717, 1.165) is 19.5 Å². The SMILES string of the molecule is CCN1CCCC(O)(C(=O)O)C1. The average molecular weight is 173 g/mol. The predicted octanol–water partition coefficient (Wildman–Crippen LogP) is -0.0822. The van der Waals surface area contributed by atoms with Crippen LogP contribution in [-0.2, 0) is 4.79 Å². The Morgan fingerprint density at radius 3 is 2.83 bits per heavy atom. The molecule has 12 heavy (non-hydrogen) atoms. The molecule has 70 valence electrons. The summed E-state index contributed by atoms with van der Waals surface area (Å²) in [6, 6.07) is 0. The molecule has 0 aliphatic carbocycles. The number of carbonyl (C=O) groups is 1. The van der Waals surface area contributed by atoms with Crippen LogP contribution in [0, 0.1) is 0 Å². The fourth-order valence-corrected chi connectivity index (χ4v) is 1.57. The first-order chi connectivity index (χ1) is 5.58. The second-order valence-electron chi connectivity index (χ2n) is 3.31. The Morgan fingerprint density at radius 2 is 2.33 bits per heavy atom. The second kappa shape index (κ2) is 3.41. The Bertz CT molecular complexity index is 183. The third-order valence-corrected chi connectivity index (χ3v) is 2.40. The molecule has 1 aliphatic heterocycles. The summed E-state index contributed by atoms with van der Waals surface area (Å²) in [7, 11) is 0. The van der Waals surface area contributed by atoms with Crippen molar-refractivity contribution in [2.24, 2.45) is 0 Å². The quantitative estimate of drug-likeness (QED) is 0.613. The zero-order valence-electron chi connectivity index (χ0n) is 7.29. The number of nitrogens with zero attached hydrogens (tertiary/aromatic N) is 1. The van der Waals surface area contributed by atoms with E-state index in [2.05, 4.69) is 0 Å². The fraction of sp³-hybridized carbons (Fsp3) is 0.875. The molecule has 4 nitrogen and oxygen atoms in total. The van der Waals surface area contributed by atoms with E-state index in [4.69, 9.17) is 5.11 Å². The first kappa shape index (κ1) is 9.48. The molecule has 2 N–H and O–H groups in total. The monoisotopic (exact) mass is 173 g/mol. The second-order valence-corrected chi connectivity index (χ2v) is 3.31. The van der Waals surface area contributed by atoms with Crippen LogP contribution in [0.2, 0.25) is 0 Å². The highest BCUT2D eigenvalue weighted by atomic mass is 16.4. The molecule has 0 spiro atoms. The number of β-amino-alcohol motifs (C(OH)–C–C–N with tert-alkyl or cyclic N) is 1. The van der Waals surface area contributed by atoms with Gasteiger partial charge < -0.3 is 15.1 Å². The number of rotatable bonds is 2. The number of likely N-dealkylation sites (N-methyl/N-ethyl adjacent to an activating group) is 1. The van der Waals surface area contributed by atoms with Crippen LogP contribution in [0.15, 0.2) is 0 Å². The smallest absolute Gasteiger partial charge is 0.337 e. The number of aliphatic hydroxyl groups is 1. The van der Waals surface area contributed by atoms with E-state index in [0.29, 0.717) is 6.42 Å². The summed E-state index contributed by atoms with van der Waals surface area (Å²) in [6.45, 7) is 3.92. The first-order valence-corrected chi connectivity index (χ1v) is 4.26. The molecule has 1 unspecified atom stereocenters. The number of piperidine rings is 1. The summed E-state index contributed by atoms with van der Waals surface area (Å²) >= 11 is 0. The highest BCUT2D eigenvalue weighted by Crippen LogP contribution is 2.20. The van der Waals surface area contributed by atoms with Crippen molar-refractivity contribution in [2.45, 2.75) is 25.4 Å². The number of aliphatic carboxylic acids is 1. The molecule has 1 rings (SSSR count). The van der Waals surface area contributed by atoms with E-state index in [1.54, 1.807) is 0 Å². The molecule has 1 fully saturated rings. The molecule has 4 heteroatoms. The topological polar surface area (TPSA) is 60.8 Å². The Labute approximate surface area is 71.8 Å². The first-order valence-electron chi connectivity index (χ1n) is 4.26. The molecular formula is C8H15NO3. The Kier molecular flexibility index (Phi) is 2.69.